The first-order chi connectivity index (χ1) is 9.30. The van der Waals surface area contributed by atoms with Gasteiger partial charge in [0.05, 0.1) is 26.2 Å². The molecule has 0 aliphatic heterocycles. The summed E-state index contributed by atoms with van der Waals surface area (Å²) in [6, 6.07) is 14.0. The molecule has 2 rings (SSSR count). The Bertz CT molecular complexity index is 541. The Balaban J connectivity index is 2.40. The van der Waals surface area contributed by atoms with Gasteiger partial charge < -0.3 is 14.2 Å². The van der Waals surface area contributed by atoms with Crippen molar-refractivity contribution in [2.24, 2.45) is 0 Å². The molecule has 4 heteroatoms. The monoisotopic (exact) mass is 276 g/mol. The van der Waals surface area contributed by atoms with E-state index in [2.05, 4.69) is 12.1 Å². The molecule has 0 saturated heterocycles. The molecule has 0 bridgehead atoms. The summed E-state index contributed by atoms with van der Waals surface area (Å²) in [5, 5.41) is 0. The van der Waals surface area contributed by atoms with E-state index in [4.69, 9.17) is 14.2 Å². The molecule has 0 saturated carbocycles. The number of ether oxygens (including phenoxy) is 3. The summed E-state index contributed by atoms with van der Waals surface area (Å²) in [4.78, 5) is 2.14. The van der Waals surface area contributed by atoms with Gasteiger partial charge in [-0.05, 0) is 24.3 Å². The Morgan fingerprint density at radius 3 is 2.00 bits per heavy atom. The number of hydrogen-bond donors (Lipinski definition) is 0. The standard InChI is InChI=1S/C15H16O3S/c1-16-12-9-10-13(15(18-3)14(12)17-2)19-11-7-5-4-6-8-11/h4-10H,1-3H3. The Kier molecular flexibility index (Phi) is 4.58. The average Bonchev–Trinajstić information content (AvgIpc) is 2.47. The normalized spacial score (nSPS) is 10.1. The fourth-order valence-electron chi connectivity index (χ4n) is 1.77. The molecule has 19 heavy (non-hydrogen) atoms. The summed E-state index contributed by atoms with van der Waals surface area (Å²) in [5.41, 5.74) is 0. The highest BCUT2D eigenvalue weighted by molar-refractivity contribution is 7.99. The van der Waals surface area contributed by atoms with Crippen molar-refractivity contribution < 1.29 is 14.2 Å². The van der Waals surface area contributed by atoms with E-state index >= 15 is 0 Å². The van der Waals surface area contributed by atoms with Gasteiger partial charge in [0.15, 0.2) is 11.5 Å². The second-order valence-electron chi connectivity index (χ2n) is 3.75. The van der Waals surface area contributed by atoms with Crippen LogP contribution in [0.25, 0.3) is 0 Å². The molecular weight excluding hydrogens is 260 g/mol. The Labute approximate surface area is 117 Å². The lowest BCUT2D eigenvalue weighted by Gasteiger charge is -2.15. The van der Waals surface area contributed by atoms with E-state index in [0.29, 0.717) is 17.2 Å². The van der Waals surface area contributed by atoms with Crippen molar-refractivity contribution in [1.82, 2.24) is 0 Å². The maximum Gasteiger partial charge on any atom is 0.204 e. The maximum absolute atomic E-state index is 5.46. The van der Waals surface area contributed by atoms with Gasteiger partial charge in [0.25, 0.3) is 0 Å². The molecule has 3 nitrogen and oxygen atoms in total. The summed E-state index contributed by atoms with van der Waals surface area (Å²) >= 11 is 1.63. The SMILES string of the molecule is COc1ccc(Sc2ccccc2)c(OC)c1OC. The second kappa shape index (κ2) is 6.38. The molecule has 2 aromatic rings. The molecule has 0 heterocycles. The molecule has 0 unspecified atom stereocenters. The van der Waals surface area contributed by atoms with E-state index in [1.165, 1.54) is 0 Å². The number of benzene rings is 2. The maximum atomic E-state index is 5.46. The molecule has 0 radical (unpaired) electrons. The van der Waals surface area contributed by atoms with Crippen LogP contribution in [0.2, 0.25) is 0 Å². The van der Waals surface area contributed by atoms with E-state index < -0.39 is 0 Å². The lowest BCUT2D eigenvalue weighted by molar-refractivity contribution is 0.319. The molecule has 0 spiro atoms. The van der Waals surface area contributed by atoms with Crippen LogP contribution in [0.1, 0.15) is 0 Å². The zero-order valence-electron chi connectivity index (χ0n) is 11.2. The van der Waals surface area contributed by atoms with Crippen molar-refractivity contribution >= 4 is 11.8 Å². The van der Waals surface area contributed by atoms with Gasteiger partial charge in [-0.25, -0.2) is 0 Å². The first kappa shape index (κ1) is 13.6. The molecular formula is C15H16O3S. The van der Waals surface area contributed by atoms with Crippen LogP contribution in [0, 0.1) is 0 Å². The van der Waals surface area contributed by atoms with E-state index in [9.17, 15) is 0 Å². The van der Waals surface area contributed by atoms with Gasteiger partial charge in [-0.1, -0.05) is 30.0 Å². The largest absolute Gasteiger partial charge is 0.493 e. The molecule has 0 N–H and O–H groups in total. The Morgan fingerprint density at radius 2 is 1.42 bits per heavy atom. The highest BCUT2D eigenvalue weighted by Crippen LogP contribution is 2.45. The van der Waals surface area contributed by atoms with Gasteiger partial charge >= 0.3 is 0 Å². The molecule has 0 aliphatic rings. The first-order valence-electron chi connectivity index (χ1n) is 5.82. The van der Waals surface area contributed by atoms with Crippen LogP contribution in [0.4, 0.5) is 0 Å². The van der Waals surface area contributed by atoms with Crippen LogP contribution in [0.5, 0.6) is 17.2 Å². The summed E-state index contributed by atoms with van der Waals surface area (Å²) in [5.74, 6) is 1.97. The van der Waals surface area contributed by atoms with Crippen molar-refractivity contribution in [3.63, 3.8) is 0 Å². The zero-order chi connectivity index (χ0) is 13.7. The molecule has 0 atom stereocenters. The van der Waals surface area contributed by atoms with Crippen molar-refractivity contribution in [1.29, 1.82) is 0 Å². The van der Waals surface area contributed by atoms with Crippen LogP contribution in [-0.2, 0) is 0 Å². The number of hydrogen-bond acceptors (Lipinski definition) is 4. The lowest BCUT2D eigenvalue weighted by Crippen LogP contribution is -1.96. The fourth-order valence-corrected chi connectivity index (χ4v) is 2.72. The minimum absolute atomic E-state index is 0.617. The van der Waals surface area contributed by atoms with Crippen molar-refractivity contribution in [2.75, 3.05) is 21.3 Å². The minimum Gasteiger partial charge on any atom is -0.493 e. The predicted molar refractivity (Wildman–Crippen MR) is 76.7 cm³/mol. The third kappa shape index (κ3) is 2.96. The zero-order valence-corrected chi connectivity index (χ0v) is 12.0. The van der Waals surface area contributed by atoms with Gasteiger partial charge in [0.1, 0.15) is 0 Å². The number of rotatable bonds is 5. The second-order valence-corrected chi connectivity index (χ2v) is 4.86. The summed E-state index contributed by atoms with van der Waals surface area (Å²) in [7, 11) is 4.85. The molecule has 0 fully saturated rings. The van der Waals surface area contributed by atoms with Gasteiger partial charge in [0.2, 0.25) is 5.75 Å². The minimum atomic E-state index is 0.617. The average molecular weight is 276 g/mol. The number of methoxy groups -OCH3 is 3. The van der Waals surface area contributed by atoms with Gasteiger partial charge in [0, 0.05) is 4.90 Å². The predicted octanol–water partition coefficient (Wildman–Crippen LogP) is 3.86. The highest BCUT2D eigenvalue weighted by Gasteiger charge is 2.16. The topological polar surface area (TPSA) is 27.7 Å². The van der Waals surface area contributed by atoms with Crippen LogP contribution in [-0.4, -0.2) is 21.3 Å². The van der Waals surface area contributed by atoms with Crippen LogP contribution >= 0.6 is 11.8 Å². The quantitative estimate of drug-likeness (QED) is 0.828. The molecule has 0 aromatic heterocycles. The van der Waals surface area contributed by atoms with Crippen molar-refractivity contribution in [2.45, 2.75) is 9.79 Å². The molecule has 0 aliphatic carbocycles. The van der Waals surface area contributed by atoms with Crippen LogP contribution in [0.3, 0.4) is 0 Å². The highest BCUT2D eigenvalue weighted by atomic mass is 32.2. The van der Waals surface area contributed by atoms with Crippen LogP contribution in [0.15, 0.2) is 52.3 Å². The third-order valence-electron chi connectivity index (χ3n) is 2.64. The molecule has 2 aromatic carbocycles. The lowest BCUT2D eigenvalue weighted by atomic mass is 10.3. The first-order valence-corrected chi connectivity index (χ1v) is 6.63. The molecule has 0 amide bonds. The molecule has 100 valence electrons. The summed E-state index contributed by atoms with van der Waals surface area (Å²) in [6.45, 7) is 0. The van der Waals surface area contributed by atoms with Gasteiger partial charge in [-0.2, -0.15) is 0 Å². The smallest absolute Gasteiger partial charge is 0.204 e. The van der Waals surface area contributed by atoms with E-state index in [-0.39, 0.29) is 0 Å². The van der Waals surface area contributed by atoms with Crippen molar-refractivity contribution in [3.05, 3.63) is 42.5 Å². The summed E-state index contributed by atoms with van der Waals surface area (Å²) in [6.07, 6.45) is 0. The van der Waals surface area contributed by atoms with E-state index in [1.54, 1.807) is 33.1 Å². The van der Waals surface area contributed by atoms with E-state index in [1.807, 2.05) is 30.3 Å². The Morgan fingerprint density at radius 1 is 0.737 bits per heavy atom. The van der Waals surface area contributed by atoms with E-state index in [0.717, 1.165) is 9.79 Å². The fraction of sp³-hybridized carbons (Fsp3) is 0.200. The van der Waals surface area contributed by atoms with Gasteiger partial charge in [-0.3, -0.25) is 0 Å². The Hall–Kier alpha value is -1.81. The summed E-state index contributed by atoms with van der Waals surface area (Å²) < 4.78 is 16.1. The third-order valence-corrected chi connectivity index (χ3v) is 3.69. The van der Waals surface area contributed by atoms with Gasteiger partial charge in [-0.15, -0.1) is 0 Å². The van der Waals surface area contributed by atoms with Crippen LogP contribution < -0.4 is 14.2 Å². The van der Waals surface area contributed by atoms with Crippen molar-refractivity contribution in [3.8, 4) is 17.2 Å².